The third-order valence-corrected chi connectivity index (χ3v) is 5.74. The molecule has 1 fully saturated rings. The molecule has 2 aromatic carbocycles. The van der Waals surface area contributed by atoms with Crippen molar-refractivity contribution in [3.8, 4) is 22.9 Å². The summed E-state index contributed by atoms with van der Waals surface area (Å²) in [6.45, 7) is 1.68. The molecule has 7 heteroatoms. The minimum absolute atomic E-state index is 0.179. The Kier molecular flexibility index (Phi) is 5.09. The lowest BCUT2D eigenvalue weighted by Gasteiger charge is -2.30. The van der Waals surface area contributed by atoms with Gasteiger partial charge in [-0.1, -0.05) is 35.5 Å². The van der Waals surface area contributed by atoms with Crippen LogP contribution in [0.15, 0.2) is 53.1 Å². The molecule has 1 saturated heterocycles. The molecule has 0 radical (unpaired) electrons. The number of benzene rings is 2. The molecule has 1 amide bonds. The molecule has 0 atom stereocenters. The highest BCUT2D eigenvalue weighted by Gasteiger charge is 2.27. The second-order valence-corrected chi connectivity index (χ2v) is 7.66. The van der Waals surface area contributed by atoms with E-state index in [1.165, 1.54) is 5.56 Å². The monoisotopic (exact) mass is 405 g/mol. The summed E-state index contributed by atoms with van der Waals surface area (Å²) in [5.41, 5.74) is 2.03. The molecule has 2 aliphatic rings. The lowest BCUT2D eigenvalue weighted by atomic mass is 9.96. The molecule has 154 valence electrons. The van der Waals surface area contributed by atoms with Gasteiger partial charge in [0.2, 0.25) is 24.4 Å². The third kappa shape index (κ3) is 3.87. The average molecular weight is 405 g/mol. The van der Waals surface area contributed by atoms with E-state index < -0.39 is 0 Å². The van der Waals surface area contributed by atoms with Gasteiger partial charge in [-0.25, -0.2) is 0 Å². The van der Waals surface area contributed by atoms with Gasteiger partial charge in [-0.2, -0.15) is 4.98 Å². The summed E-state index contributed by atoms with van der Waals surface area (Å²) in [5, 5.41) is 4.14. The standard InChI is InChI=1S/C23H23N3O4/c27-21(9-6-16-4-2-1-3-5-16)26-12-10-17(11-13-26)23-24-22(25-30-23)18-7-8-19-20(14-18)29-15-28-19/h1-5,7-8,14,17H,6,9-13,15H2. The molecule has 0 N–H and O–H groups in total. The van der Waals surface area contributed by atoms with Crippen LogP contribution in [0.5, 0.6) is 11.5 Å². The van der Waals surface area contributed by atoms with Gasteiger partial charge in [-0.15, -0.1) is 0 Å². The van der Waals surface area contributed by atoms with E-state index in [0.717, 1.165) is 43.7 Å². The Morgan fingerprint density at radius 3 is 2.67 bits per heavy atom. The van der Waals surface area contributed by atoms with Crippen LogP contribution in [-0.2, 0) is 11.2 Å². The minimum Gasteiger partial charge on any atom is -0.454 e. The lowest BCUT2D eigenvalue weighted by Crippen LogP contribution is -2.38. The Labute approximate surface area is 174 Å². The molecular weight excluding hydrogens is 382 g/mol. The zero-order chi connectivity index (χ0) is 20.3. The summed E-state index contributed by atoms with van der Waals surface area (Å²) in [5.74, 6) is 3.00. The number of carbonyl (C=O) groups is 1. The number of fused-ring (bicyclic) bond motifs is 1. The van der Waals surface area contributed by atoms with E-state index in [1.54, 1.807) is 0 Å². The number of hydrogen-bond donors (Lipinski definition) is 0. The predicted molar refractivity (Wildman–Crippen MR) is 109 cm³/mol. The van der Waals surface area contributed by atoms with Gasteiger partial charge < -0.3 is 18.9 Å². The van der Waals surface area contributed by atoms with Crippen LogP contribution < -0.4 is 9.47 Å². The minimum atomic E-state index is 0.179. The molecule has 1 aromatic heterocycles. The Bertz CT molecular complexity index is 1030. The van der Waals surface area contributed by atoms with Gasteiger partial charge in [-0.05, 0) is 43.0 Å². The van der Waals surface area contributed by atoms with E-state index >= 15 is 0 Å². The first-order valence-corrected chi connectivity index (χ1v) is 10.3. The Balaban J connectivity index is 1.17. The van der Waals surface area contributed by atoms with Crippen molar-refractivity contribution in [3.63, 3.8) is 0 Å². The quantitative estimate of drug-likeness (QED) is 0.642. The van der Waals surface area contributed by atoms with E-state index in [2.05, 4.69) is 22.3 Å². The molecule has 7 nitrogen and oxygen atoms in total. The van der Waals surface area contributed by atoms with Gasteiger partial charge in [0.25, 0.3) is 0 Å². The van der Waals surface area contributed by atoms with Crippen LogP contribution in [-0.4, -0.2) is 40.8 Å². The van der Waals surface area contributed by atoms with Crippen LogP contribution >= 0.6 is 0 Å². The smallest absolute Gasteiger partial charge is 0.231 e. The molecule has 0 spiro atoms. The third-order valence-electron chi connectivity index (χ3n) is 5.74. The van der Waals surface area contributed by atoms with E-state index in [4.69, 9.17) is 14.0 Å². The molecular formula is C23H23N3O4. The number of aromatic nitrogens is 2. The Hall–Kier alpha value is -3.35. The summed E-state index contributed by atoms with van der Waals surface area (Å²) < 4.78 is 16.3. The fraction of sp³-hybridized carbons (Fsp3) is 0.348. The van der Waals surface area contributed by atoms with Gasteiger partial charge in [0.05, 0.1) is 0 Å². The first-order chi connectivity index (χ1) is 14.8. The highest BCUT2D eigenvalue weighted by molar-refractivity contribution is 5.76. The van der Waals surface area contributed by atoms with Crippen LogP contribution in [0.4, 0.5) is 0 Å². The predicted octanol–water partition coefficient (Wildman–Crippen LogP) is 3.80. The number of aryl methyl sites for hydroxylation is 1. The van der Waals surface area contributed by atoms with E-state index in [-0.39, 0.29) is 18.6 Å². The second kappa shape index (κ2) is 8.18. The number of nitrogens with zero attached hydrogens (tertiary/aromatic N) is 3. The molecule has 3 aromatic rings. The highest BCUT2D eigenvalue weighted by atomic mass is 16.7. The summed E-state index contributed by atoms with van der Waals surface area (Å²) >= 11 is 0. The van der Waals surface area contributed by atoms with Gasteiger partial charge >= 0.3 is 0 Å². The number of rotatable bonds is 5. The Morgan fingerprint density at radius 1 is 1.03 bits per heavy atom. The van der Waals surface area contributed by atoms with Crippen LogP contribution in [0.3, 0.4) is 0 Å². The van der Waals surface area contributed by atoms with Crippen LogP contribution in [0.1, 0.15) is 36.6 Å². The molecule has 30 heavy (non-hydrogen) atoms. The molecule has 3 heterocycles. The highest BCUT2D eigenvalue weighted by Crippen LogP contribution is 2.36. The fourth-order valence-electron chi connectivity index (χ4n) is 3.98. The van der Waals surface area contributed by atoms with E-state index in [1.807, 2.05) is 41.3 Å². The molecule has 0 saturated carbocycles. The van der Waals surface area contributed by atoms with Crippen molar-refractivity contribution in [2.75, 3.05) is 19.9 Å². The zero-order valence-electron chi connectivity index (χ0n) is 16.6. The summed E-state index contributed by atoms with van der Waals surface area (Å²) in [7, 11) is 0. The number of piperidine rings is 1. The second-order valence-electron chi connectivity index (χ2n) is 7.66. The van der Waals surface area contributed by atoms with E-state index in [0.29, 0.717) is 23.9 Å². The first-order valence-electron chi connectivity index (χ1n) is 10.3. The summed E-state index contributed by atoms with van der Waals surface area (Å²) in [6, 6.07) is 15.8. The van der Waals surface area contributed by atoms with Crippen molar-refractivity contribution in [1.29, 1.82) is 0 Å². The number of carbonyl (C=O) groups excluding carboxylic acids is 1. The van der Waals surface area contributed by atoms with Crippen molar-refractivity contribution < 1.29 is 18.8 Å². The zero-order valence-corrected chi connectivity index (χ0v) is 16.6. The first kappa shape index (κ1) is 18.7. The van der Waals surface area contributed by atoms with Crippen molar-refractivity contribution in [1.82, 2.24) is 15.0 Å². The maximum Gasteiger partial charge on any atom is 0.231 e. The number of likely N-dealkylation sites (tertiary alicyclic amines) is 1. The molecule has 5 rings (SSSR count). The van der Waals surface area contributed by atoms with Crippen molar-refractivity contribution >= 4 is 5.91 Å². The van der Waals surface area contributed by atoms with Crippen molar-refractivity contribution in [3.05, 3.63) is 60.0 Å². The summed E-state index contributed by atoms with van der Waals surface area (Å²) in [4.78, 5) is 19.1. The normalized spacial score (nSPS) is 16.1. The largest absolute Gasteiger partial charge is 0.454 e. The fourth-order valence-corrected chi connectivity index (χ4v) is 3.98. The number of amides is 1. The lowest BCUT2D eigenvalue weighted by molar-refractivity contribution is -0.132. The molecule has 0 unspecified atom stereocenters. The van der Waals surface area contributed by atoms with Gasteiger partial charge in [0.1, 0.15) is 0 Å². The topological polar surface area (TPSA) is 77.7 Å². The van der Waals surface area contributed by atoms with Crippen molar-refractivity contribution in [2.45, 2.75) is 31.6 Å². The van der Waals surface area contributed by atoms with Crippen LogP contribution in [0.25, 0.3) is 11.4 Å². The number of ether oxygens (including phenoxy) is 2. The van der Waals surface area contributed by atoms with Gasteiger partial charge in [0.15, 0.2) is 11.5 Å². The molecule has 0 bridgehead atoms. The van der Waals surface area contributed by atoms with Gasteiger partial charge in [0, 0.05) is 31.0 Å². The maximum atomic E-state index is 12.5. The molecule has 0 aliphatic carbocycles. The average Bonchev–Trinajstić information content (AvgIpc) is 3.47. The van der Waals surface area contributed by atoms with Crippen molar-refractivity contribution in [2.24, 2.45) is 0 Å². The SMILES string of the molecule is O=C(CCc1ccccc1)N1CCC(c2nc(-c3ccc4c(c3)OCO4)no2)CC1. The number of hydrogen-bond acceptors (Lipinski definition) is 6. The van der Waals surface area contributed by atoms with Gasteiger partial charge in [-0.3, -0.25) is 4.79 Å². The molecule has 2 aliphatic heterocycles. The van der Waals surface area contributed by atoms with Crippen LogP contribution in [0.2, 0.25) is 0 Å². The Morgan fingerprint density at radius 2 is 1.83 bits per heavy atom. The van der Waals surface area contributed by atoms with E-state index in [9.17, 15) is 4.79 Å². The maximum absolute atomic E-state index is 12.5. The van der Waals surface area contributed by atoms with Crippen LogP contribution in [0, 0.1) is 0 Å². The summed E-state index contributed by atoms with van der Waals surface area (Å²) in [6.07, 6.45) is 2.99.